The van der Waals surface area contributed by atoms with Crippen LogP contribution in [-0.2, 0) is 6.54 Å². The van der Waals surface area contributed by atoms with Crippen LogP contribution >= 0.6 is 43.5 Å². The second-order valence-electron chi connectivity index (χ2n) is 3.49. The summed E-state index contributed by atoms with van der Waals surface area (Å²) in [5, 5.41) is 3.99. The van der Waals surface area contributed by atoms with Crippen molar-refractivity contribution in [2.75, 3.05) is 5.32 Å². The number of nitrogens with zero attached hydrogens (tertiary/aromatic N) is 1. The third-order valence-electron chi connectivity index (χ3n) is 2.18. The molecule has 0 saturated carbocycles. The molecule has 0 aliphatic heterocycles. The average molecular weight is 376 g/mol. The Morgan fingerprint density at radius 3 is 2.71 bits per heavy atom. The number of anilines is 1. The topological polar surface area (TPSA) is 24.9 Å². The molecule has 1 aromatic heterocycles. The van der Waals surface area contributed by atoms with Crippen LogP contribution in [0.1, 0.15) is 5.56 Å². The largest absolute Gasteiger partial charge is 0.381 e. The summed E-state index contributed by atoms with van der Waals surface area (Å²) in [5.41, 5.74) is 2.09. The predicted molar refractivity (Wildman–Crippen MR) is 78.4 cm³/mol. The minimum atomic E-state index is 0.697. The van der Waals surface area contributed by atoms with Gasteiger partial charge in [0.2, 0.25) is 0 Å². The summed E-state index contributed by atoms with van der Waals surface area (Å²) in [6, 6.07) is 7.81. The summed E-state index contributed by atoms with van der Waals surface area (Å²) in [7, 11) is 0. The summed E-state index contributed by atoms with van der Waals surface area (Å²) < 4.78 is 1.87. The molecule has 0 aliphatic rings. The van der Waals surface area contributed by atoms with Crippen LogP contribution in [0.3, 0.4) is 0 Å². The number of hydrogen-bond acceptors (Lipinski definition) is 2. The monoisotopic (exact) mass is 374 g/mol. The number of pyridine rings is 1. The Kier molecular flexibility index (Phi) is 4.42. The van der Waals surface area contributed by atoms with E-state index in [2.05, 4.69) is 42.2 Å². The van der Waals surface area contributed by atoms with Crippen LogP contribution in [0.25, 0.3) is 0 Å². The smallest absolute Gasteiger partial charge is 0.0568 e. The maximum atomic E-state index is 6.01. The van der Waals surface area contributed by atoms with Crippen molar-refractivity contribution in [2.24, 2.45) is 0 Å². The van der Waals surface area contributed by atoms with E-state index in [-0.39, 0.29) is 0 Å². The molecule has 1 N–H and O–H groups in total. The van der Waals surface area contributed by atoms with Gasteiger partial charge in [-0.2, -0.15) is 0 Å². The summed E-state index contributed by atoms with van der Waals surface area (Å²) in [4.78, 5) is 4.11. The van der Waals surface area contributed by atoms with E-state index in [1.54, 1.807) is 6.20 Å². The van der Waals surface area contributed by atoms with E-state index in [1.807, 2.05) is 30.5 Å². The Balaban J connectivity index is 2.05. The van der Waals surface area contributed by atoms with E-state index >= 15 is 0 Å². The van der Waals surface area contributed by atoms with Gasteiger partial charge in [0.25, 0.3) is 0 Å². The van der Waals surface area contributed by atoms with Crippen LogP contribution in [0.15, 0.2) is 45.6 Å². The summed E-state index contributed by atoms with van der Waals surface area (Å²) >= 11 is 12.8. The molecule has 5 heteroatoms. The Hall–Kier alpha value is -0.580. The van der Waals surface area contributed by atoms with Gasteiger partial charge in [0.1, 0.15) is 0 Å². The van der Waals surface area contributed by atoms with E-state index in [1.165, 1.54) is 0 Å². The van der Waals surface area contributed by atoms with Crippen LogP contribution < -0.4 is 5.32 Å². The molecule has 1 heterocycles. The molecule has 88 valence electrons. The first kappa shape index (κ1) is 12.9. The van der Waals surface area contributed by atoms with Gasteiger partial charge in [-0.3, -0.25) is 4.98 Å². The molecule has 0 atom stereocenters. The van der Waals surface area contributed by atoms with Crippen molar-refractivity contribution < 1.29 is 0 Å². The zero-order valence-corrected chi connectivity index (χ0v) is 12.7. The van der Waals surface area contributed by atoms with Gasteiger partial charge in [-0.1, -0.05) is 11.6 Å². The van der Waals surface area contributed by atoms with E-state index in [0.29, 0.717) is 11.6 Å². The Morgan fingerprint density at radius 1 is 1.18 bits per heavy atom. The van der Waals surface area contributed by atoms with Gasteiger partial charge in [0.15, 0.2) is 0 Å². The first-order valence-corrected chi connectivity index (χ1v) is 6.90. The number of hydrogen-bond donors (Lipinski definition) is 1. The highest BCUT2D eigenvalue weighted by atomic mass is 79.9. The lowest BCUT2D eigenvalue weighted by Crippen LogP contribution is -1.99. The molecule has 0 spiro atoms. The molecule has 0 radical (unpaired) electrons. The van der Waals surface area contributed by atoms with Crippen LogP contribution in [0, 0.1) is 0 Å². The SMILES string of the molecule is Clc1cc(NCc2cncc(Br)c2)ccc1Br. The lowest BCUT2D eigenvalue weighted by atomic mass is 10.2. The molecule has 0 unspecified atom stereocenters. The maximum absolute atomic E-state index is 6.01. The second-order valence-corrected chi connectivity index (χ2v) is 5.67. The van der Waals surface area contributed by atoms with Crippen LogP contribution in [-0.4, -0.2) is 4.98 Å². The molecule has 2 nitrogen and oxygen atoms in total. The van der Waals surface area contributed by atoms with Gasteiger partial charge >= 0.3 is 0 Å². The quantitative estimate of drug-likeness (QED) is 0.826. The molecule has 0 fully saturated rings. The van der Waals surface area contributed by atoms with E-state index in [0.717, 1.165) is 20.2 Å². The molecular formula is C12H9Br2ClN2. The Morgan fingerprint density at radius 2 is 2.00 bits per heavy atom. The minimum Gasteiger partial charge on any atom is -0.381 e. The highest BCUT2D eigenvalue weighted by Gasteiger charge is 1.99. The van der Waals surface area contributed by atoms with Gasteiger partial charge in [0.05, 0.1) is 5.02 Å². The minimum absolute atomic E-state index is 0.697. The highest BCUT2D eigenvalue weighted by molar-refractivity contribution is 9.10. The lowest BCUT2D eigenvalue weighted by Gasteiger charge is -2.07. The summed E-state index contributed by atoms with van der Waals surface area (Å²) in [6.07, 6.45) is 3.60. The van der Waals surface area contributed by atoms with E-state index in [9.17, 15) is 0 Å². The summed E-state index contributed by atoms with van der Waals surface area (Å²) in [6.45, 7) is 0.713. The third-order valence-corrected chi connectivity index (χ3v) is 3.84. The maximum Gasteiger partial charge on any atom is 0.0568 e. The predicted octanol–water partition coefficient (Wildman–Crippen LogP) is 4.87. The van der Waals surface area contributed by atoms with Crippen LogP contribution in [0.4, 0.5) is 5.69 Å². The molecule has 0 aliphatic carbocycles. The van der Waals surface area contributed by atoms with E-state index < -0.39 is 0 Å². The van der Waals surface area contributed by atoms with Crippen molar-refractivity contribution in [2.45, 2.75) is 6.54 Å². The molecule has 2 rings (SSSR count). The zero-order valence-electron chi connectivity index (χ0n) is 8.75. The Labute approximate surface area is 122 Å². The first-order chi connectivity index (χ1) is 8.15. The average Bonchev–Trinajstić information content (AvgIpc) is 2.31. The lowest BCUT2D eigenvalue weighted by molar-refractivity contribution is 1.11. The normalized spacial score (nSPS) is 10.3. The number of rotatable bonds is 3. The first-order valence-electron chi connectivity index (χ1n) is 4.93. The standard InChI is InChI=1S/C12H9Br2ClN2/c13-9-3-8(5-16-7-9)6-17-10-1-2-11(14)12(15)4-10/h1-5,7,17H,6H2. The van der Waals surface area contributed by atoms with Crippen molar-refractivity contribution in [3.63, 3.8) is 0 Å². The number of aromatic nitrogens is 1. The molecule has 2 aromatic rings. The molecule has 0 saturated heterocycles. The molecule has 0 bridgehead atoms. The van der Waals surface area contributed by atoms with Crippen molar-refractivity contribution >= 4 is 49.1 Å². The molecular weight excluding hydrogens is 367 g/mol. The van der Waals surface area contributed by atoms with Crippen molar-refractivity contribution in [3.05, 3.63) is 56.2 Å². The highest BCUT2D eigenvalue weighted by Crippen LogP contribution is 2.25. The fourth-order valence-electron chi connectivity index (χ4n) is 1.36. The number of halogens is 3. The van der Waals surface area contributed by atoms with Gasteiger partial charge in [-0.25, -0.2) is 0 Å². The van der Waals surface area contributed by atoms with Gasteiger partial charge in [-0.15, -0.1) is 0 Å². The third kappa shape index (κ3) is 3.69. The number of nitrogens with one attached hydrogen (secondary N) is 1. The van der Waals surface area contributed by atoms with Gasteiger partial charge in [-0.05, 0) is 61.7 Å². The van der Waals surface area contributed by atoms with Crippen LogP contribution in [0.2, 0.25) is 5.02 Å². The molecule has 1 aromatic carbocycles. The zero-order chi connectivity index (χ0) is 12.3. The van der Waals surface area contributed by atoms with E-state index in [4.69, 9.17) is 11.6 Å². The van der Waals surface area contributed by atoms with Crippen LogP contribution in [0.5, 0.6) is 0 Å². The molecule has 0 amide bonds. The van der Waals surface area contributed by atoms with Crippen molar-refractivity contribution in [3.8, 4) is 0 Å². The fourth-order valence-corrected chi connectivity index (χ4v) is 2.20. The second kappa shape index (κ2) is 5.85. The van der Waals surface area contributed by atoms with Crippen molar-refractivity contribution in [1.82, 2.24) is 4.98 Å². The molecule has 17 heavy (non-hydrogen) atoms. The fraction of sp³-hybridized carbons (Fsp3) is 0.0833. The Bertz CT molecular complexity index is 532. The van der Waals surface area contributed by atoms with Crippen molar-refractivity contribution in [1.29, 1.82) is 0 Å². The van der Waals surface area contributed by atoms with Gasteiger partial charge in [0, 0.05) is 33.6 Å². The summed E-state index contributed by atoms with van der Waals surface area (Å²) in [5.74, 6) is 0. The van der Waals surface area contributed by atoms with Gasteiger partial charge < -0.3 is 5.32 Å². The number of benzene rings is 1.